The summed E-state index contributed by atoms with van der Waals surface area (Å²) < 4.78 is 0. The smallest absolute Gasteiger partial charge is 0.226 e. The quantitative estimate of drug-likeness (QED) is 0.255. The molecule has 1 N–H and O–H groups in total. The van der Waals surface area contributed by atoms with Crippen LogP contribution in [0.4, 0.5) is 0 Å². The molecule has 0 saturated carbocycles. The third-order valence-electron chi connectivity index (χ3n) is 4.65. The normalized spacial score (nSPS) is 12.3. The average molecular weight is 341 g/mol. The number of hydrogen-bond acceptors (Lipinski definition) is 3. The Labute approximate surface area is 149 Å². The maximum atomic E-state index is 11.7. The second kappa shape index (κ2) is 17.1. The molecule has 1 atom stereocenters. The summed E-state index contributed by atoms with van der Waals surface area (Å²) in [6.07, 6.45) is 16.7. The van der Waals surface area contributed by atoms with Crippen LogP contribution in [0.1, 0.15) is 117 Å². The minimum atomic E-state index is -1.08. The van der Waals surface area contributed by atoms with Crippen molar-refractivity contribution in [3.8, 4) is 0 Å². The van der Waals surface area contributed by atoms with Crippen molar-refractivity contribution in [2.45, 2.75) is 123 Å². The highest BCUT2D eigenvalue weighted by Gasteiger charge is 2.21. The molecule has 0 fully saturated rings. The summed E-state index contributed by atoms with van der Waals surface area (Å²) in [6, 6.07) is 0. The van der Waals surface area contributed by atoms with Gasteiger partial charge in [-0.3, -0.25) is 9.59 Å². The Morgan fingerprint density at radius 2 is 1.08 bits per heavy atom. The first-order valence-corrected chi connectivity index (χ1v) is 10.4. The fraction of sp³-hybridized carbons (Fsp3) is 0.905. The van der Waals surface area contributed by atoms with Crippen molar-refractivity contribution in [2.24, 2.45) is 0 Å². The van der Waals surface area contributed by atoms with Gasteiger partial charge in [0, 0.05) is 6.42 Å². The Morgan fingerprint density at radius 3 is 1.50 bits per heavy atom. The van der Waals surface area contributed by atoms with E-state index in [1.165, 1.54) is 64.2 Å². The zero-order chi connectivity index (χ0) is 18.0. The molecule has 3 heteroatoms. The van der Waals surface area contributed by atoms with Crippen molar-refractivity contribution in [3.05, 3.63) is 0 Å². The number of hydrogen-bond donors (Lipinski definition) is 1. The van der Waals surface area contributed by atoms with Gasteiger partial charge in [-0.2, -0.15) is 0 Å². The fourth-order valence-electron chi connectivity index (χ4n) is 3.02. The molecule has 1 unspecified atom stereocenters. The number of carbonyl (C=O) groups is 2. The van der Waals surface area contributed by atoms with Crippen molar-refractivity contribution in [1.82, 2.24) is 0 Å². The van der Waals surface area contributed by atoms with Crippen LogP contribution < -0.4 is 0 Å². The van der Waals surface area contributed by atoms with Crippen LogP contribution in [0.15, 0.2) is 0 Å². The molecule has 0 aromatic carbocycles. The minimum absolute atomic E-state index is 0.303. The number of aliphatic hydroxyl groups is 1. The average Bonchev–Trinajstić information content (AvgIpc) is 2.58. The molecule has 0 aromatic rings. The lowest BCUT2D eigenvalue weighted by molar-refractivity contribution is -0.141. The summed E-state index contributed by atoms with van der Waals surface area (Å²) in [6.45, 7) is 4.15. The maximum absolute atomic E-state index is 11.7. The standard InChI is InChI=1S/C21H40O3/c1-3-5-6-7-8-9-10-11-12-13-14-15-16-18-20(23)21(24)19(22)17-4-2/h19,22H,3-18H2,1-2H3. The molecule has 0 aliphatic heterocycles. The van der Waals surface area contributed by atoms with Gasteiger partial charge in [0.1, 0.15) is 6.10 Å². The summed E-state index contributed by atoms with van der Waals surface area (Å²) >= 11 is 0. The van der Waals surface area contributed by atoms with Crippen LogP contribution in [0.5, 0.6) is 0 Å². The SMILES string of the molecule is CCCCCCCCCCCCCCCC(=O)C(=O)C(O)CCC. The van der Waals surface area contributed by atoms with Gasteiger partial charge in [0.15, 0.2) is 0 Å². The third kappa shape index (κ3) is 13.7. The Morgan fingerprint density at radius 1 is 0.667 bits per heavy atom. The number of aliphatic hydroxyl groups excluding tert-OH is 1. The molecule has 0 rings (SSSR count). The monoisotopic (exact) mass is 340 g/mol. The van der Waals surface area contributed by atoms with E-state index in [0.29, 0.717) is 12.8 Å². The Bertz CT molecular complexity index is 312. The highest BCUT2D eigenvalue weighted by molar-refractivity contribution is 6.38. The predicted molar refractivity (Wildman–Crippen MR) is 101 cm³/mol. The summed E-state index contributed by atoms with van der Waals surface area (Å²) in [5, 5.41) is 9.52. The van der Waals surface area contributed by atoms with Crippen molar-refractivity contribution in [2.75, 3.05) is 0 Å². The molecule has 0 aliphatic rings. The Hall–Kier alpha value is -0.700. The molecular formula is C21H40O3. The zero-order valence-corrected chi connectivity index (χ0v) is 16.2. The van der Waals surface area contributed by atoms with Gasteiger partial charge >= 0.3 is 0 Å². The second-order valence-corrected chi connectivity index (χ2v) is 7.08. The third-order valence-corrected chi connectivity index (χ3v) is 4.65. The number of ketones is 2. The van der Waals surface area contributed by atoms with Crippen LogP contribution in [0.2, 0.25) is 0 Å². The molecule has 142 valence electrons. The highest BCUT2D eigenvalue weighted by atomic mass is 16.3. The summed E-state index contributed by atoms with van der Waals surface area (Å²) in [5.74, 6) is -0.977. The summed E-state index contributed by atoms with van der Waals surface area (Å²) in [7, 11) is 0. The van der Waals surface area contributed by atoms with Gasteiger partial charge in [0.05, 0.1) is 0 Å². The molecule has 0 heterocycles. The molecular weight excluding hydrogens is 300 g/mol. The van der Waals surface area contributed by atoms with E-state index in [1.807, 2.05) is 6.92 Å². The van der Waals surface area contributed by atoms with Gasteiger partial charge in [-0.15, -0.1) is 0 Å². The summed E-state index contributed by atoms with van der Waals surface area (Å²) in [4.78, 5) is 23.2. The van der Waals surface area contributed by atoms with Crippen LogP contribution >= 0.6 is 0 Å². The van der Waals surface area contributed by atoms with E-state index < -0.39 is 11.9 Å². The topological polar surface area (TPSA) is 54.4 Å². The zero-order valence-electron chi connectivity index (χ0n) is 16.2. The Balaban J connectivity index is 3.33. The van der Waals surface area contributed by atoms with E-state index >= 15 is 0 Å². The fourth-order valence-corrected chi connectivity index (χ4v) is 3.02. The van der Waals surface area contributed by atoms with Crippen LogP contribution in [0, 0.1) is 0 Å². The van der Waals surface area contributed by atoms with Crippen molar-refractivity contribution < 1.29 is 14.7 Å². The van der Waals surface area contributed by atoms with Crippen LogP contribution in [0.25, 0.3) is 0 Å². The van der Waals surface area contributed by atoms with Crippen LogP contribution in [-0.4, -0.2) is 22.8 Å². The maximum Gasteiger partial charge on any atom is 0.226 e. The first-order valence-electron chi connectivity index (χ1n) is 10.4. The Kier molecular flexibility index (Phi) is 16.6. The lowest BCUT2D eigenvalue weighted by Gasteiger charge is -2.07. The number of rotatable bonds is 18. The molecule has 0 saturated heterocycles. The summed E-state index contributed by atoms with van der Waals surface area (Å²) in [5.41, 5.74) is 0. The van der Waals surface area contributed by atoms with Gasteiger partial charge in [0.2, 0.25) is 11.6 Å². The van der Waals surface area contributed by atoms with Gasteiger partial charge in [-0.1, -0.05) is 97.3 Å². The van der Waals surface area contributed by atoms with Crippen LogP contribution in [0.3, 0.4) is 0 Å². The van der Waals surface area contributed by atoms with Crippen molar-refractivity contribution in [3.63, 3.8) is 0 Å². The molecule has 3 nitrogen and oxygen atoms in total. The molecule has 0 aromatic heterocycles. The second-order valence-electron chi connectivity index (χ2n) is 7.08. The predicted octanol–water partition coefficient (Wildman–Crippen LogP) is 5.77. The van der Waals surface area contributed by atoms with Gasteiger partial charge in [0.25, 0.3) is 0 Å². The van der Waals surface area contributed by atoms with Gasteiger partial charge in [-0.05, 0) is 12.8 Å². The first-order chi connectivity index (χ1) is 11.6. The van der Waals surface area contributed by atoms with Crippen molar-refractivity contribution >= 4 is 11.6 Å². The first kappa shape index (κ1) is 23.3. The van der Waals surface area contributed by atoms with Gasteiger partial charge < -0.3 is 5.11 Å². The molecule has 0 spiro atoms. The molecule has 24 heavy (non-hydrogen) atoms. The van der Waals surface area contributed by atoms with Crippen LogP contribution in [-0.2, 0) is 9.59 Å². The highest BCUT2D eigenvalue weighted by Crippen LogP contribution is 2.13. The minimum Gasteiger partial charge on any atom is -0.385 e. The molecule has 0 aliphatic carbocycles. The van der Waals surface area contributed by atoms with E-state index in [1.54, 1.807) is 0 Å². The lowest BCUT2D eigenvalue weighted by atomic mass is 10.0. The number of Topliss-reactive ketones (excluding diaryl/α,β-unsaturated/α-hetero) is 2. The van der Waals surface area contributed by atoms with Crippen molar-refractivity contribution in [1.29, 1.82) is 0 Å². The van der Waals surface area contributed by atoms with E-state index in [4.69, 9.17) is 0 Å². The number of carbonyl (C=O) groups excluding carboxylic acids is 2. The van der Waals surface area contributed by atoms with E-state index in [2.05, 4.69) is 6.92 Å². The van der Waals surface area contributed by atoms with E-state index in [0.717, 1.165) is 25.7 Å². The molecule has 0 radical (unpaired) electrons. The van der Waals surface area contributed by atoms with Gasteiger partial charge in [-0.25, -0.2) is 0 Å². The number of unbranched alkanes of at least 4 members (excludes halogenated alkanes) is 12. The lowest BCUT2D eigenvalue weighted by Crippen LogP contribution is -2.28. The molecule has 0 amide bonds. The van der Waals surface area contributed by atoms with E-state index in [-0.39, 0.29) is 5.78 Å². The largest absolute Gasteiger partial charge is 0.385 e. The van der Waals surface area contributed by atoms with E-state index in [9.17, 15) is 14.7 Å². The molecule has 0 bridgehead atoms.